The van der Waals surface area contributed by atoms with E-state index in [0.717, 1.165) is 6.42 Å². The molecule has 2 N–H and O–H groups in total. The van der Waals surface area contributed by atoms with Gasteiger partial charge in [0.15, 0.2) is 0 Å². The quantitative estimate of drug-likeness (QED) is 0.873. The first-order valence-corrected chi connectivity index (χ1v) is 9.57. The van der Waals surface area contributed by atoms with Crippen molar-refractivity contribution in [1.29, 1.82) is 0 Å². The number of nitrogens with zero attached hydrogens (tertiary/aromatic N) is 1. The first-order valence-electron chi connectivity index (χ1n) is 8.09. The van der Waals surface area contributed by atoms with Crippen molar-refractivity contribution in [1.82, 2.24) is 9.62 Å². The molecule has 2 atom stereocenters. The monoisotopic (exact) mass is 354 g/mol. The van der Waals surface area contributed by atoms with Crippen LogP contribution in [0.25, 0.3) is 0 Å². The van der Waals surface area contributed by atoms with Crippen LogP contribution in [-0.2, 0) is 10.0 Å². The van der Waals surface area contributed by atoms with Crippen LogP contribution in [0.4, 0.5) is 4.79 Å². The number of hydrogen-bond acceptors (Lipinski definition) is 3. The summed E-state index contributed by atoms with van der Waals surface area (Å²) < 4.78 is 28.5. The molecule has 0 aromatic heterocycles. The lowest BCUT2D eigenvalue weighted by atomic mass is 9.72. The average Bonchev–Trinajstić information content (AvgIpc) is 2.46. The van der Waals surface area contributed by atoms with Crippen molar-refractivity contribution in [2.45, 2.75) is 51.1 Å². The minimum atomic E-state index is -3.85. The predicted octanol–water partition coefficient (Wildman–Crippen LogP) is 3.12. The zero-order valence-corrected chi connectivity index (χ0v) is 15.4. The Morgan fingerprint density at radius 2 is 1.88 bits per heavy atom. The van der Waals surface area contributed by atoms with Crippen molar-refractivity contribution in [3.05, 3.63) is 30.3 Å². The molecule has 0 bridgehead atoms. The number of sulfonamides is 1. The molecule has 0 spiro atoms. The number of carboxylic acid groups (broad SMARTS) is 1. The van der Waals surface area contributed by atoms with Crippen LogP contribution in [0.1, 0.15) is 40.5 Å². The van der Waals surface area contributed by atoms with Gasteiger partial charge in [-0.3, -0.25) is 4.90 Å². The van der Waals surface area contributed by atoms with Crippen LogP contribution in [0, 0.1) is 11.3 Å². The highest BCUT2D eigenvalue weighted by atomic mass is 32.2. The van der Waals surface area contributed by atoms with Crippen molar-refractivity contribution in [3.63, 3.8) is 0 Å². The lowest BCUT2D eigenvalue weighted by Gasteiger charge is -2.54. The molecule has 7 heteroatoms. The number of hydrogen-bond donors (Lipinski definition) is 2. The molecular weight excluding hydrogens is 328 g/mol. The molecule has 6 nitrogen and oxygen atoms in total. The van der Waals surface area contributed by atoms with E-state index in [2.05, 4.69) is 4.72 Å². The summed E-state index contributed by atoms with van der Waals surface area (Å²) in [4.78, 5) is 13.2. The van der Waals surface area contributed by atoms with E-state index in [1.165, 1.54) is 17.0 Å². The van der Waals surface area contributed by atoms with Gasteiger partial charge in [0.25, 0.3) is 0 Å². The number of piperidine rings is 1. The van der Waals surface area contributed by atoms with Gasteiger partial charge in [0.05, 0.1) is 4.90 Å². The van der Waals surface area contributed by atoms with Gasteiger partial charge in [0.1, 0.15) is 5.66 Å². The molecule has 1 heterocycles. The Morgan fingerprint density at radius 1 is 1.29 bits per heavy atom. The maximum absolute atomic E-state index is 12.9. The molecule has 2 unspecified atom stereocenters. The van der Waals surface area contributed by atoms with Crippen LogP contribution in [0.15, 0.2) is 35.2 Å². The molecular formula is C17H26N2O4S. The molecule has 1 aromatic carbocycles. The highest BCUT2D eigenvalue weighted by Gasteiger charge is 2.54. The minimum absolute atomic E-state index is 0.136. The van der Waals surface area contributed by atoms with Gasteiger partial charge >= 0.3 is 6.09 Å². The number of rotatable bonds is 3. The number of nitrogens with one attached hydrogen (secondary N) is 1. The van der Waals surface area contributed by atoms with E-state index < -0.39 is 27.2 Å². The van der Waals surface area contributed by atoms with E-state index in [4.69, 9.17) is 0 Å². The highest BCUT2D eigenvalue weighted by molar-refractivity contribution is 7.89. The lowest BCUT2D eigenvalue weighted by Crippen LogP contribution is -2.70. The van der Waals surface area contributed by atoms with E-state index in [1.54, 1.807) is 18.2 Å². The first kappa shape index (κ1) is 18.7. The fourth-order valence-corrected chi connectivity index (χ4v) is 4.94. The number of benzene rings is 1. The Labute approximate surface area is 143 Å². The normalized spacial score (nSPS) is 25.5. The van der Waals surface area contributed by atoms with E-state index in [1.807, 2.05) is 27.7 Å². The maximum Gasteiger partial charge on any atom is 0.408 e. The van der Waals surface area contributed by atoms with Gasteiger partial charge in [0.2, 0.25) is 10.0 Å². The van der Waals surface area contributed by atoms with E-state index in [-0.39, 0.29) is 10.8 Å². The van der Waals surface area contributed by atoms with Crippen molar-refractivity contribution in [3.8, 4) is 0 Å². The summed E-state index contributed by atoms with van der Waals surface area (Å²) in [6, 6.07) is 8.06. The van der Waals surface area contributed by atoms with E-state index >= 15 is 0 Å². The van der Waals surface area contributed by atoms with Gasteiger partial charge in [-0.1, -0.05) is 45.9 Å². The average molecular weight is 354 g/mol. The molecule has 0 aliphatic carbocycles. The molecule has 1 saturated heterocycles. The summed E-state index contributed by atoms with van der Waals surface area (Å²) in [5.41, 5.74) is -1.80. The minimum Gasteiger partial charge on any atom is -0.465 e. The zero-order valence-electron chi connectivity index (χ0n) is 14.6. The summed E-state index contributed by atoms with van der Waals surface area (Å²) in [6.45, 7) is 7.94. The van der Waals surface area contributed by atoms with E-state index in [0.29, 0.717) is 13.0 Å². The second-order valence-electron chi connectivity index (χ2n) is 7.56. The molecule has 0 radical (unpaired) electrons. The van der Waals surface area contributed by atoms with Gasteiger partial charge in [-0.15, -0.1) is 0 Å². The largest absolute Gasteiger partial charge is 0.465 e. The third kappa shape index (κ3) is 3.42. The van der Waals surface area contributed by atoms with Crippen LogP contribution in [0.2, 0.25) is 0 Å². The van der Waals surface area contributed by atoms with Crippen molar-refractivity contribution in [2.24, 2.45) is 11.3 Å². The Morgan fingerprint density at radius 3 is 2.38 bits per heavy atom. The maximum atomic E-state index is 12.9. The van der Waals surface area contributed by atoms with E-state index in [9.17, 15) is 18.3 Å². The van der Waals surface area contributed by atoms with Crippen molar-refractivity contribution < 1.29 is 18.3 Å². The second kappa shape index (κ2) is 6.37. The molecule has 1 fully saturated rings. The van der Waals surface area contributed by atoms with Crippen molar-refractivity contribution >= 4 is 16.1 Å². The van der Waals surface area contributed by atoms with Gasteiger partial charge in [-0.05, 0) is 36.3 Å². The standard InChI is InChI=1S/C17H26N2O4S/c1-13-10-11-19(15(20)21)17(12-13,16(2,3)4)18-24(22,23)14-8-6-5-7-9-14/h5-9,13,18H,10-12H2,1-4H3,(H,20,21). The second-order valence-corrected chi connectivity index (χ2v) is 9.24. The Balaban J connectivity index is 2.54. The lowest BCUT2D eigenvalue weighted by molar-refractivity contribution is -0.0478. The van der Waals surface area contributed by atoms with Crippen LogP contribution in [-0.4, -0.2) is 36.7 Å². The molecule has 1 amide bonds. The summed E-state index contributed by atoms with van der Waals surface area (Å²) >= 11 is 0. The summed E-state index contributed by atoms with van der Waals surface area (Å²) in [7, 11) is -3.85. The van der Waals surface area contributed by atoms with Crippen LogP contribution < -0.4 is 4.72 Å². The Hall–Kier alpha value is -1.60. The predicted molar refractivity (Wildman–Crippen MR) is 92.1 cm³/mol. The smallest absolute Gasteiger partial charge is 0.408 e. The van der Waals surface area contributed by atoms with Crippen molar-refractivity contribution in [2.75, 3.05) is 6.54 Å². The molecule has 2 rings (SSSR count). The van der Waals surface area contributed by atoms with Crippen LogP contribution in [0.3, 0.4) is 0 Å². The van der Waals surface area contributed by atoms with Crippen LogP contribution >= 0.6 is 0 Å². The summed E-state index contributed by atoms with van der Waals surface area (Å²) in [5.74, 6) is 0.221. The van der Waals surface area contributed by atoms with Gasteiger partial charge in [0, 0.05) is 6.54 Å². The number of amides is 1. The molecule has 24 heavy (non-hydrogen) atoms. The molecule has 1 aromatic rings. The molecule has 1 aliphatic rings. The number of likely N-dealkylation sites (tertiary alicyclic amines) is 1. The number of carbonyl (C=O) groups is 1. The third-order valence-electron chi connectivity index (χ3n) is 4.78. The van der Waals surface area contributed by atoms with Gasteiger partial charge < -0.3 is 5.11 Å². The fraction of sp³-hybridized carbons (Fsp3) is 0.588. The summed E-state index contributed by atoms with van der Waals surface area (Å²) in [5, 5.41) is 9.68. The summed E-state index contributed by atoms with van der Waals surface area (Å²) in [6.07, 6.45) is 0.0547. The topological polar surface area (TPSA) is 86.7 Å². The van der Waals surface area contributed by atoms with Crippen LogP contribution in [0.5, 0.6) is 0 Å². The third-order valence-corrected chi connectivity index (χ3v) is 6.28. The SMILES string of the molecule is CC1CCN(C(=O)O)C(NS(=O)(=O)c2ccccc2)(C(C)(C)C)C1. The molecule has 1 aliphatic heterocycles. The fourth-order valence-electron chi connectivity index (χ4n) is 3.36. The first-order chi connectivity index (χ1) is 11.0. The van der Waals surface area contributed by atoms with Gasteiger partial charge in [-0.25, -0.2) is 13.2 Å². The molecule has 0 saturated carbocycles. The highest BCUT2D eigenvalue weighted by Crippen LogP contribution is 2.43. The Bertz CT molecular complexity index is 697. The molecule has 134 valence electrons. The van der Waals surface area contributed by atoms with Gasteiger partial charge in [-0.2, -0.15) is 4.72 Å². The zero-order chi connectivity index (χ0) is 18.2. The Kier molecular flexibility index (Phi) is 4.97.